The molecule has 0 aromatic heterocycles. The molecule has 0 spiro atoms. The van der Waals surface area contributed by atoms with Crippen molar-refractivity contribution in [1.82, 2.24) is 0 Å². The van der Waals surface area contributed by atoms with Gasteiger partial charge in [0.1, 0.15) is 0 Å². The summed E-state index contributed by atoms with van der Waals surface area (Å²) in [5.74, 6) is -7.56. The Morgan fingerprint density at radius 1 is 1.30 bits per heavy atom. The molecule has 2 rings (SSSR count). The Morgan fingerprint density at radius 2 is 1.91 bits per heavy atom. The molecule has 0 bridgehead atoms. The van der Waals surface area contributed by atoms with Crippen LogP contribution in [-0.2, 0) is 9.53 Å². The topological polar surface area (TPSA) is 55.8 Å². The molecule has 1 heterocycles. The highest BCUT2D eigenvalue weighted by atomic mass is 19.4. The lowest BCUT2D eigenvalue weighted by Crippen LogP contribution is -2.33. The Labute approximate surface area is 127 Å². The maximum absolute atomic E-state index is 13.8. The lowest BCUT2D eigenvalue weighted by Gasteiger charge is -2.23. The van der Waals surface area contributed by atoms with Crippen LogP contribution in [0.15, 0.2) is 12.1 Å². The summed E-state index contributed by atoms with van der Waals surface area (Å²) in [6.07, 6.45) is -8.96. The smallest absolute Gasteiger partial charge is 0.414 e. The highest BCUT2D eigenvalue weighted by molar-refractivity contribution is 5.75. The van der Waals surface area contributed by atoms with Crippen molar-refractivity contribution in [2.45, 2.75) is 31.2 Å². The highest BCUT2D eigenvalue weighted by Gasteiger charge is 2.57. The van der Waals surface area contributed by atoms with Crippen molar-refractivity contribution in [3.05, 3.63) is 29.3 Å². The number of benzene rings is 1. The summed E-state index contributed by atoms with van der Waals surface area (Å²) in [6.45, 7) is 1.15. The van der Waals surface area contributed by atoms with Gasteiger partial charge in [0.2, 0.25) is 5.82 Å². The van der Waals surface area contributed by atoms with Gasteiger partial charge in [-0.15, -0.1) is 0 Å². The summed E-state index contributed by atoms with van der Waals surface area (Å²) in [6, 6.07) is 1.72. The molecule has 0 amide bonds. The van der Waals surface area contributed by atoms with Gasteiger partial charge in [0, 0.05) is 17.4 Å². The zero-order valence-electron chi connectivity index (χ0n) is 12.0. The van der Waals surface area contributed by atoms with Crippen molar-refractivity contribution in [3.8, 4) is 5.75 Å². The number of hydrogen-bond acceptors (Lipinski definition) is 3. The van der Waals surface area contributed by atoms with E-state index in [9.17, 15) is 26.7 Å². The Kier molecular flexibility index (Phi) is 4.52. The Balaban J connectivity index is 2.56. The number of methoxy groups -OCH3 is 1. The van der Waals surface area contributed by atoms with Gasteiger partial charge in [0.15, 0.2) is 23.8 Å². The summed E-state index contributed by atoms with van der Waals surface area (Å²) >= 11 is 0. The molecule has 2 unspecified atom stereocenters. The number of rotatable bonds is 3. The predicted molar refractivity (Wildman–Crippen MR) is 67.2 cm³/mol. The lowest BCUT2D eigenvalue weighted by molar-refractivity contribution is -0.224. The molecule has 0 radical (unpaired) electrons. The van der Waals surface area contributed by atoms with E-state index in [4.69, 9.17) is 9.84 Å². The monoisotopic (exact) mass is 340 g/mol. The summed E-state index contributed by atoms with van der Waals surface area (Å²) in [5.41, 5.74) is -0.182. The number of ether oxygens (including phenoxy) is 2. The molecule has 23 heavy (non-hydrogen) atoms. The van der Waals surface area contributed by atoms with Gasteiger partial charge in [0.05, 0.1) is 7.11 Å². The SMILES string of the molecule is COc1c(C2C(C(=O)O)O[C@@H](C(F)(F)F)[C@H]2C)ccc(F)c1F. The number of hydrogen-bond donors (Lipinski definition) is 1. The minimum Gasteiger partial charge on any atom is -0.493 e. The van der Waals surface area contributed by atoms with Crippen molar-refractivity contribution in [3.63, 3.8) is 0 Å². The fourth-order valence-corrected chi connectivity index (χ4v) is 2.88. The zero-order chi connectivity index (χ0) is 17.5. The molecule has 4 atom stereocenters. The molecule has 4 nitrogen and oxygen atoms in total. The van der Waals surface area contributed by atoms with E-state index in [-0.39, 0.29) is 5.56 Å². The van der Waals surface area contributed by atoms with E-state index < -0.39 is 53.6 Å². The number of carbonyl (C=O) groups is 1. The summed E-state index contributed by atoms with van der Waals surface area (Å²) in [5, 5.41) is 9.13. The van der Waals surface area contributed by atoms with Crippen LogP contribution >= 0.6 is 0 Å². The van der Waals surface area contributed by atoms with Gasteiger partial charge < -0.3 is 14.6 Å². The van der Waals surface area contributed by atoms with Crippen LogP contribution in [0.1, 0.15) is 18.4 Å². The molecule has 1 aliphatic heterocycles. The van der Waals surface area contributed by atoms with Crippen LogP contribution < -0.4 is 4.74 Å². The van der Waals surface area contributed by atoms with Crippen LogP contribution in [0.3, 0.4) is 0 Å². The first kappa shape index (κ1) is 17.5. The fraction of sp³-hybridized carbons (Fsp3) is 0.500. The predicted octanol–water partition coefficient (Wildman–Crippen LogP) is 3.11. The van der Waals surface area contributed by atoms with Crippen LogP contribution in [0.5, 0.6) is 5.75 Å². The lowest BCUT2D eigenvalue weighted by atomic mass is 9.82. The first-order valence-corrected chi connectivity index (χ1v) is 6.56. The molecule has 0 saturated carbocycles. The second-order valence-electron chi connectivity index (χ2n) is 5.23. The van der Waals surface area contributed by atoms with E-state index in [2.05, 4.69) is 4.74 Å². The van der Waals surface area contributed by atoms with E-state index in [0.29, 0.717) is 6.07 Å². The van der Waals surface area contributed by atoms with E-state index in [1.54, 1.807) is 0 Å². The van der Waals surface area contributed by atoms with Gasteiger partial charge >= 0.3 is 12.1 Å². The average Bonchev–Trinajstić information content (AvgIpc) is 2.79. The number of carboxylic acids is 1. The zero-order valence-corrected chi connectivity index (χ0v) is 12.0. The van der Waals surface area contributed by atoms with E-state index in [1.165, 1.54) is 0 Å². The third-order valence-corrected chi connectivity index (χ3v) is 3.87. The van der Waals surface area contributed by atoms with Gasteiger partial charge in [-0.1, -0.05) is 13.0 Å². The molecule has 9 heteroatoms. The Hall–Kier alpha value is -1.90. The third-order valence-electron chi connectivity index (χ3n) is 3.87. The van der Waals surface area contributed by atoms with Crippen LogP contribution in [-0.4, -0.2) is 36.6 Å². The van der Waals surface area contributed by atoms with Crippen LogP contribution in [0.4, 0.5) is 22.0 Å². The van der Waals surface area contributed by atoms with Crippen molar-refractivity contribution in [2.75, 3.05) is 7.11 Å². The van der Waals surface area contributed by atoms with Crippen LogP contribution in [0, 0.1) is 17.6 Å². The molecular formula is C14H13F5O4. The summed E-state index contributed by atoms with van der Waals surface area (Å²) in [4.78, 5) is 11.3. The number of halogens is 5. The third kappa shape index (κ3) is 2.97. The first-order chi connectivity index (χ1) is 10.6. The molecule has 1 saturated heterocycles. The van der Waals surface area contributed by atoms with Gasteiger partial charge in [-0.3, -0.25) is 0 Å². The number of aliphatic carboxylic acids is 1. The summed E-state index contributed by atoms with van der Waals surface area (Å²) < 4.78 is 75.4. The van der Waals surface area contributed by atoms with Crippen molar-refractivity contribution < 1.29 is 41.3 Å². The van der Waals surface area contributed by atoms with Crippen LogP contribution in [0.2, 0.25) is 0 Å². The standard InChI is InChI=1S/C14H13F5O4/c1-5-8(6-3-4-7(15)9(16)10(6)22-2)11(13(20)21)23-12(5)14(17,18)19/h3-5,8,11-12H,1-2H3,(H,20,21)/t5-,8?,11?,12+/m0/s1. The molecule has 1 fully saturated rings. The largest absolute Gasteiger partial charge is 0.493 e. The molecule has 1 aromatic carbocycles. The van der Waals surface area contributed by atoms with E-state index in [1.807, 2.05) is 0 Å². The quantitative estimate of drug-likeness (QED) is 0.859. The normalized spacial score (nSPS) is 28.0. The Morgan fingerprint density at radius 3 is 2.39 bits per heavy atom. The van der Waals surface area contributed by atoms with Gasteiger partial charge in [0.25, 0.3) is 0 Å². The second kappa shape index (κ2) is 5.95. The molecule has 128 valence electrons. The fourth-order valence-electron chi connectivity index (χ4n) is 2.88. The van der Waals surface area contributed by atoms with Gasteiger partial charge in [-0.2, -0.15) is 17.6 Å². The Bertz CT molecular complexity index is 616. The van der Waals surface area contributed by atoms with Gasteiger partial charge in [-0.05, 0) is 6.07 Å². The maximum Gasteiger partial charge on any atom is 0.414 e. The maximum atomic E-state index is 13.8. The molecule has 0 aliphatic carbocycles. The molecule has 1 aliphatic rings. The molecule has 1 N–H and O–H groups in total. The minimum atomic E-state index is -4.78. The number of carboxylic acid groups (broad SMARTS) is 1. The molecular weight excluding hydrogens is 327 g/mol. The number of alkyl halides is 3. The van der Waals surface area contributed by atoms with E-state index >= 15 is 0 Å². The van der Waals surface area contributed by atoms with Crippen molar-refractivity contribution in [2.24, 2.45) is 5.92 Å². The van der Waals surface area contributed by atoms with Crippen LogP contribution in [0.25, 0.3) is 0 Å². The van der Waals surface area contributed by atoms with Gasteiger partial charge in [-0.25, -0.2) is 9.18 Å². The highest BCUT2D eigenvalue weighted by Crippen LogP contribution is 2.48. The van der Waals surface area contributed by atoms with Crippen molar-refractivity contribution >= 4 is 5.97 Å². The average molecular weight is 340 g/mol. The minimum absolute atomic E-state index is 0.182. The second-order valence-corrected chi connectivity index (χ2v) is 5.23. The molecule has 1 aromatic rings. The van der Waals surface area contributed by atoms with Crippen molar-refractivity contribution in [1.29, 1.82) is 0 Å². The summed E-state index contributed by atoms with van der Waals surface area (Å²) in [7, 11) is 1.01. The van der Waals surface area contributed by atoms with E-state index in [0.717, 1.165) is 20.1 Å². The first-order valence-electron chi connectivity index (χ1n) is 6.56.